The highest BCUT2D eigenvalue weighted by Gasteiger charge is 2.27. The molecule has 0 aromatic rings. The first-order valence-electron chi connectivity index (χ1n) is 7.88. The number of rotatable bonds is 4. The van der Waals surface area contributed by atoms with Gasteiger partial charge in [0.05, 0.1) is 0 Å². The number of ether oxygens (including phenoxy) is 1. The molecule has 4 nitrogen and oxygen atoms in total. The molecule has 1 fully saturated rings. The average Bonchev–Trinajstić information content (AvgIpc) is 2.30. The van der Waals surface area contributed by atoms with E-state index < -0.39 is 5.60 Å². The topological polar surface area (TPSA) is 41.6 Å². The van der Waals surface area contributed by atoms with Gasteiger partial charge in [-0.05, 0) is 45.4 Å². The maximum absolute atomic E-state index is 11.8. The maximum atomic E-state index is 11.8. The fraction of sp³-hybridized carbons (Fsp3) is 0.938. The molecular formula is C16H32N2O2. The van der Waals surface area contributed by atoms with E-state index in [4.69, 9.17) is 4.74 Å². The lowest BCUT2D eigenvalue weighted by molar-refractivity contribution is 0.0297. The van der Waals surface area contributed by atoms with Crippen molar-refractivity contribution in [2.24, 2.45) is 11.8 Å². The fourth-order valence-corrected chi connectivity index (χ4v) is 2.91. The Hall–Kier alpha value is -0.770. The molecular weight excluding hydrogens is 252 g/mol. The Morgan fingerprint density at radius 1 is 1.25 bits per heavy atom. The van der Waals surface area contributed by atoms with Gasteiger partial charge >= 0.3 is 6.09 Å². The van der Waals surface area contributed by atoms with Crippen molar-refractivity contribution < 1.29 is 9.53 Å². The van der Waals surface area contributed by atoms with Crippen LogP contribution in [0.15, 0.2) is 0 Å². The number of carbonyl (C=O) groups excluding carboxylic acids is 1. The standard InChI is InChI=1S/C16H32N2O2/c1-12-8-7-9-13(2)14(12)17-10-11-18(6)15(19)20-16(3,4)5/h12-14,17H,7-11H2,1-6H3. The Kier molecular flexibility index (Phi) is 6.31. The summed E-state index contributed by atoms with van der Waals surface area (Å²) >= 11 is 0. The lowest BCUT2D eigenvalue weighted by Gasteiger charge is -2.35. The van der Waals surface area contributed by atoms with E-state index in [-0.39, 0.29) is 6.09 Å². The van der Waals surface area contributed by atoms with Crippen molar-refractivity contribution in [1.29, 1.82) is 0 Å². The lowest BCUT2D eigenvalue weighted by Crippen LogP contribution is -2.46. The van der Waals surface area contributed by atoms with Gasteiger partial charge in [0.2, 0.25) is 0 Å². The number of amides is 1. The summed E-state index contributed by atoms with van der Waals surface area (Å²) in [6.07, 6.45) is 3.72. The number of hydrogen-bond acceptors (Lipinski definition) is 3. The SMILES string of the molecule is CC1CCCC(C)C1NCCN(C)C(=O)OC(C)(C)C. The smallest absolute Gasteiger partial charge is 0.410 e. The summed E-state index contributed by atoms with van der Waals surface area (Å²) in [5.74, 6) is 1.45. The normalized spacial score (nSPS) is 27.2. The Balaban J connectivity index is 2.30. The second-order valence-corrected chi connectivity index (χ2v) is 7.27. The molecule has 2 unspecified atom stereocenters. The second-order valence-electron chi connectivity index (χ2n) is 7.27. The van der Waals surface area contributed by atoms with E-state index in [1.807, 2.05) is 20.8 Å². The van der Waals surface area contributed by atoms with Crippen LogP contribution in [0.4, 0.5) is 4.79 Å². The van der Waals surface area contributed by atoms with E-state index in [9.17, 15) is 4.79 Å². The maximum Gasteiger partial charge on any atom is 0.410 e. The predicted molar refractivity (Wildman–Crippen MR) is 82.8 cm³/mol. The number of nitrogens with one attached hydrogen (secondary N) is 1. The second kappa shape index (κ2) is 7.30. The molecule has 20 heavy (non-hydrogen) atoms. The zero-order chi connectivity index (χ0) is 15.3. The number of likely N-dealkylation sites (N-methyl/N-ethyl adjacent to an activating group) is 1. The van der Waals surface area contributed by atoms with Crippen molar-refractivity contribution in [3.05, 3.63) is 0 Å². The van der Waals surface area contributed by atoms with Crippen LogP contribution < -0.4 is 5.32 Å². The molecule has 0 saturated heterocycles. The molecule has 1 saturated carbocycles. The Morgan fingerprint density at radius 3 is 2.30 bits per heavy atom. The summed E-state index contributed by atoms with van der Waals surface area (Å²) in [5.41, 5.74) is -0.425. The zero-order valence-electron chi connectivity index (χ0n) is 14.0. The summed E-state index contributed by atoms with van der Waals surface area (Å²) < 4.78 is 5.34. The molecule has 1 N–H and O–H groups in total. The van der Waals surface area contributed by atoms with Crippen molar-refractivity contribution >= 4 is 6.09 Å². The van der Waals surface area contributed by atoms with Crippen LogP contribution in [0.3, 0.4) is 0 Å². The third-order valence-electron chi connectivity index (χ3n) is 4.08. The molecule has 0 aliphatic heterocycles. The first-order valence-corrected chi connectivity index (χ1v) is 7.88. The van der Waals surface area contributed by atoms with Crippen LogP contribution >= 0.6 is 0 Å². The van der Waals surface area contributed by atoms with E-state index in [2.05, 4.69) is 19.2 Å². The van der Waals surface area contributed by atoms with Gasteiger partial charge in [-0.25, -0.2) is 4.79 Å². The molecule has 118 valence electrons. The average molecular weight is 284 g/mol. The summed E-state index contributed by atoms with van der Waals surface area (Å²) in [6, 6.07) is 0.579. The minimum atomic E-state index is -0.425. The first-order chi connectivity index (χ1) is 9.20. The lowest BCUT2D eigenvalue weighted by atomic mass is 9.79. The highest BCUT2D eigenvalue weighted by atomic mass is 16.6. The molecule has 0 heterocycles. The minimum Gasteiger partial charge on any atom is -0.444 e. The summed E-state index contributed by atoms with van der Waals surface area (Å²) in [5, 5.41) is 3.62. The van der Waals surface area contributed by atoms with Gasteiger partial charge in [-0.15, -0.1) is 0 Å². The molecule has 0 bridgehead atoms. The molecule has 1 aliphatic rings. The van der Waals surface area contributed by atoms with Crippen LogP contribution in [0.25, 0.3) is 0 Å². The third kappa shape index (κ3) is 5.70. The van der Waals surface area contributed by atoms with Crippen molar-refractivity contribution in [3.8, 4) is 0 Å². The van der Waals surface area contributed by atoms with Gasteiger partial charge < -0.3 is 15.0 Å². The van der Waals surface area contributed by atoms with Crippen LogP contribution in [0.5, 0.6) is 0 Å². The zero-order valence-corrected chi connectivity index (χ0v) is 14.0. The molecule has 2 atom stereocenters. The molecule has 0 radical (unpaired) electrons. The van der Waals surface area contributed by atoms with Crippen LogP contribution in [-0.4, -0.2) is 42.8 Å². The summed E-state index contributed by atoms with van der Waals surface area (Å²) in [7, 11) is 1.80. The van der Waals surface area contributed by atoms with Crippen LogP contribution in [0.1, 0.15) is 53.9 Å². The number of nitrogens with zero attached hydrogens (tertiary/aromatic N) is 1. The molecule has 1 rings (SSSR count). The van der Waals surface area contributed by atoms with Gasteiger partial charge in [0, 0.05) is 26.2 Å². The van der Waals surface area contributed by atoms with Crippen molar-refractivity contribution in [2.45, 2.75) is 65.5 Å². The fourth-order valence-electron chi connectivity index (χ4n) is 2.91. The van der Waals surface area contributed by atoms with E-state index in [1.54, 1.807) is 11.9 Å². The largest absolute Gasteiger partial charge is 0.444 e. The van der Waals surface area contributed by atoms with E-state index >= 15 is 0 Å². The van der Waals surface area contributed by atoms with Crippen molar-refractivity contribution in [3.63, 3.8) is 0 Å². The van der Waals surface area contributed by atoms with Gasteiger partial charge in [0.1, 0.15) is 5.60 Å². The molecule has 0 aromatic carbocycles. The highest BCUT2D eigenvalue weighted by molar-refractivity contribution is 5.67. The predicted octanol–water partition coefficient (Wildman–Crippen LogP) is 3.27. The Bertz CT molecular complexity index is 302. The van der Waals surface area contributed by atoms with Gasteiger partial charge in [-0.3, -0.25) is 0 Å². The Labute approximate surface area is 124 Å². The number of carbonyl (C=O) groups is 1. The summed E-state index contributed by atoms with van der Waals surface area (Å²) in [4.78, 5) is 13.5. The molecule has 1 aliphatic carbocycles. The highest BCUT2D eigenvalue weighted by Crippen LogP contribution is 2.28. The quantitative estimate of drug-likeness (QED) is 0.861. The first kappa shape index (κ1) is 17.3. The Morgan fingerprint density at radius 2 is 1.80 bits per heavy atom. The molecule has 1 amide bonds. The van der Waals surface area contributed by atoms with Crippen LogP contribution in [0, 0.1) is 11.8 Å². The van der Waals surface area contributed by atoms with E-state index in [1.165, 1.54) is 19.3 Å². The monoisotopic (exact) mass is 284 g/mol. The molecule has 4 heteroatoms. The third-order valence-corrected chi connectivity index (χ3v) is 4.08. The van der Waals surface area contributed by atoms with Crippen LogP contribution in [-0.2, 0) is 4.74 Å². The van der Waals surface area contributed by atoms with Gasteiger partial charge in [-0.1, -0.05) is 20.3 Å². The van der Waals surface area contributed by atoms with Crippen molar-refractivity contribution in [1.82, 2.24) is 10.2 Å². The van der Waals surface area contributed by atoms with Gasteiger partial charge in [0.15, 0.2) is 0 Å². The van der Waals surface area contributed by atoms with Gasteiger partial charge in [-0.2, -0.15) is 0 Å². The summed E-state index contributed by atoms with van der Waals surface area (Å²) in [6.45, 7) is 11.8. The number of hydrogen-bond donors (Lipinski definition) is 1. The van der Waals surface area contributed by atoms with Crippen LogP contribution in [0.2, 0.25) is 0 Å². The van der Waals surface area contributed by atoms with Gasteiger partial charge in [0.25, 0.3) is 0 Å². The molecule has 0 spiro atoms. The van der Waals surface area contributed by atoms with Crippen molar-refractivity contribution in [2.75, 3.05) is 20.1 Å². The van der Waals surface area contributed by atoms with E-state index in [0.717, 1.165) is 18.4 Å². The molecule has 0 aromatic heterocycles. The minimum absolute atomic E-state index is 0.246. The van der Waals surface area contributed by atoms with E-state index in [0.29, 0.717) is 12.6 Å².